The van der Waals surface area contributed by atoms with Gasteiger partial charge in [0.2, 0.25) is 0 Å². The fourth-order valence-corrected chi connectivity index (χ4v) is 2.47. The minimum absolute atomic E-state index is 0.0538. The molecule has 1 aromatic rings. The zero-order valence-electron chi connectivity index (χ0n) is 11.2. The minimum atomic E-state index is -0.0538. The van der Waals surface area contributed by atoms with Crippen LogP contribution in [0.15, 0.2) is 24.3 Å². The first-order valence-corrected chi connectivity index (χ1v) is 6.37. The Hall–Kier alpha value is -1.51. The first-order valence-electron chi connectivity index (χ1n) is 6.37. The van der Waals surface area contributed by atoms with E-state index in [1.54, 1.807) is 7.11 Å². The van der Waals surface area contributed by atoms with Crippen molar-refractivity contribution < 1.29 is 14.3 Å². The lowest BCUT2D eigenvalue weighted by atomic mass is 9.95. The molecule has 3 atom stereocenters. The second kappa shape index (κ2) is 5.42. The number of hydrogen-bond acceptors (Lipinski definition) is 3. The molecular weight excluding hydrogens is 228 g/mol. The van der Waals surface area contributed by atoms with Gasteiger partial charge in [0.15, 0.2) is 0 Å². The zero-order valence-corrected chi connectivity index (χ0v) is 11.2. The fourth-order valence-electron chi connectivity index (χ4n) is 2.47. The predicted octanol–water partition coefficient (Wildman–Crippen LogP) is 3.00. The molecule has 1 aliphatic rings. The lowest BCUT2D eigenvalue weighted by Gasteiger charge is -2.12. The Morgan fingerprint density at radius 3 is 2.56 bits per heavy atom. The molecule has 2 rings (SSSR count). The van der Waals surface area contributed by atoms with E-state index in [2.05, 4.69) is 19.1 Å². The molecule has 0 heterocycles. The lowest BCUT2D eigenvalue weighted by Crippen LogP contribution is -2.05. The quantitative estimate of drug-likeness (QED) is 0.751. The van der Waals surface area contributed by atoms with Crippen LogP contribution in [0.1, 0.15) is 31.2 Å². The average molecular weight is 248 g/mol. The van der Waals surface area contributed by atoms with Crippen molar-refractivity contribution in [2.24, 2.45) is 11.8 Å². The van der Waals surface area contributed by atoms with Crippen molar-refractivity contribution in [1.82, 2.24) is 0 Å². The number of rotatable bonds is 5. The zero-order chi connectivity index (χ0) is 13.1. The van der Waals surface area contributed by atoms with E-state index >= 15 is 0 Å². The van der Waals surface area contributed by atoms with Gasteiger partial charge in [0.25, 0.3) is 0 Å². The standard InChI is InChI=1S/C15H20O3/c1-10(8-12-9-14(12)15(16)18-3)11-4-6-13(17-2)7-5-11/h4-7,10,12,14H,8-9H2,1-3H3. The Morgan fingerprint density at radius 1 is 1.33 bits per heavy atom. The second-order valence-corrected chi connectivity index (χ2v) is 5.04. The van der Waals surface area contributed by atoms with Gasteiger partial charge >= 0.3 is 5.97 Å². The summed E-state index contributed by atoms with van der Waals surface area (Å²) >= 11 is 0. The van der Waals surface area contributed by atoms with E-state index < -0.39 is 0 Å². The highest BCUT2D eigenvalue weighted by Gasteiger charge is 2.44. The molecule has 1 aromatic carbocycles. The Labute approximate surface area is 108 Å². The molecule has 1 aliphatic carbocycles. The van der Waals surface area contributed by atoms with Gasteiger partial charge in [-0.2, -0.15) is 0 Å². The molecular formula is C15H20O3. The molecule has 0 spiro atoms. The first kappa shape index (κ1) is 12.9. The van der Waals surface area contributed by atoms with Crippen LogP contribution in [0.3, 0.4) is 0 Å². The van der Waals surface area contributed by atoms with Crippen LogP contribution in [0.25, 0.3) is 0 Å². The molecule has 98 valence electrons. The van der Waals surface area contributed by atoms with Crippen LogP contribution in [0, 0.1) is 11.8 Å². The number of methoxy groups -OCH3 is 2. The smallest absolute Gasteiger partial charge is 0.308 e. The molecule has 18 heavy (non-hydrogen) atoms. The van der Waals surface area contributed by atoms with Crippen molar-refractivity contribution in [3.63, 3.8) is 0 Å². The third-order valence-electron chi connectivity index (χ3n) is 3.77. The van der Waals surface area contributed by atoms with Gasteiger partial charge in [0, 0.05) is 0 Å². The molecule has 0 N–H and O–H groups in total. The summed E-state index contributed by atoms with van der Waals surface area (Å²) in [5, 5.41) is 0. The van der Waals surface area contributed by atoms with Gasteiger partial charge in [0.05, 0.1) is 20.1 Å². The molecule has 0 bridgehead atoms. The number of benzene rings is 1. The van der Waals surface area contributed by atoms with Crippen LogP contribution < -0.4 is 4.74 Å². The number of carbonyl (C=O) groups is 1. The molecule has 3 nitrogen and oxygen atoms in total. The van der Waals surface area contributed by atoms with E-state index in [4.69, 9.17) is 9.47 Å². The molecule has 1 saturated carbocycles. The molecule has 0 saturated heterocycles. The molecule has 0 aromatic heterocycles. The van der Waals surface area contributed by atoms with Gasteiger partial charge in [-0.3, -0.25) is 4.79 Å². The largest absolute Gasteiger partial charge is 0.497 e. The fraction of sp³-hybridized carbons (Fsp3) is 0.533. The maximum Gasteiger partial charge on any atom is 0.308 e. The summed E-state index contributed by atoms with van der Waals surface area (Å²) in [6.07, 6.45) is 2.03. The number of carbonyl (C=O) groups excluding carboxylic acids is 1. The molecule has 0 aliphatic heterocycles. The summed E-state index contributed by atoms with van der Waals surface area (Å²) < 4.78 is 9.91. The van der Waals surface area contributed by atoms with Gasteiger partial charge in [-0.15, -0.1) is 0 Å². The maximum absolute atomic E-state index is 11.3. The van der Waals surface area contributed by atoms with E-state index in [-0.39, 0.29) is 11.9 Å². The highest BCUT2D eigenvalue weighted by Crippen LogP contribution is 2.45. The summed E-state index contributed by atoms with van der Waals surface area (Å²) in [6.45, 7) is 2.20. The molecule has 0 amide bonds. The van der Waals surface area contributed by atoms with Crippen molar-refractivity contribution in [3.8, 4) is 5.75 Å². The van der Waals surface area contributed by atoms with Crippen LogP contribution in [-0.2, 0) is 9.53 Å². The van der Waals surface area contributed by atoms with Gasteiger partial charge in [0.1, 0.15) is 5.75 Å². The molecule has 1 fully saturated rings. The van der Waals surface area contributed by atoms with E-state index in [0.29, 0.717) is 11.8 Å². The van der Waals surface area contributed by atoms with Crippen LogP contribution in [0.2, 0.25) is 0 Å². The summed E-state index contributed by atoms with van der Waals surface area (Å²) in [5.74, 6) is 1.92. The monoisotopic (exact) mass is 248 g/mol. The lowest BCUT2D eigenvalue weighted by molar-refractivity contribution is -0.142. The SMILES string of the molecule is COC(=O)C1CC1CC(C)c1ccc(OC)cc1. The maximum atomic E-state index is 11.3. The second-order valence-electron chi connectivity index (χ2n) is 5.04. The Balaban J connectivity index is 1.88. The first-order chi connectivity index (χ1) is 8.65. The average Bonchev–Trinajstić information content (AvgIpc) is 3.17. The van der Waals surface area contributed by atoms with Gasteiger partial charge < -0.3 is 9.47 Å². The van der Waals surface area contributed by atoms with Crippen LogP contribution >= 0.6 is 0 Å². The highest BCUT2D eigenvalue weighted by atomic mass is 16.5. The summed E-state index contributed by atoms with van der Waals surface area (Å²) in [6, 6.07) is 8.16. The van der Waals surface area contributed by atoms with E-state index in [1.165, 1.54) is 12.7 Å². The van der Waals surface area contributed by atoms with Gasteiger partial charge in [-0.1, -0.05) is 19.1 Å². The topological polar surface area (TPSA) is 35.5 Å². The number of hydrogen-bond donors (Lipinski definition) is 0. The van der Waals surface area contributed by atoms with Crippen molar-refractivity contribution in [2.75, 3.05) is 14.2 Å². The molecule has 3 heteroatoms. The third kappa shape index (κ3) is 2.84. The highest BCUT2D eigenvalue weighted by molar-refractivity contribution is 5.75. The molecule has 0 radical (unpaired) electrons. The molecule has 3 unspecified atom stereocenters. The van der Waals surface area contributed by atoms with Gasteiger partial charge in [-0.25, -0.2) is 0 Å². The third-order valence-corrected chi connectivity index (χ3v) is 3.77. The van der Waals surface area contributed by atoms with Crippen LogP contribution in [-0.4, -0.2) is 20.2 Å². The Kier molecular flexibility index (Phi) is 3.90. The summed E-state index contributed by atoms with van der Waals surface area (Å²) in [7, 11) is 3.13. The normalized spacial score (nSPS) is 23.3. The van der Waals surface area contributed by atoms with Crippen molar-refractivity contribution in [1.29, 1.82) is 0 Å². The van der Waals surface area contributed by atoms with Crippen LogP contribution in [0.4, 0.5) is 0 Å². The van der Waals surface area contributed by atoms with Crippen molar-refractivity contribution in [3.05, 3.63) is 29.8 Å². The van der Waals surface area contributed by atoms with Crippen LogP contribution in [0.5, 0.6) is 5.75 Å². The van der Waals surface area contributed by atoms with Crippen molar-refractivity contribution >= 4 is 5.97 Å². The Morgan fingerprint density at radius 2 is 2.00 bits per heavy atom. The number of esters is 1. The van der Waals surface area contributed by atoms with Crippen molar-refractivity contribution in [2.45, 2.75) is 25.7 Å². The summed E-state index contributed by atoms with van der Waals surface area (Å²) in [5.41, 5.74) is 1.30. The summed E-state index contributed by atoms with van der Waals surface area (Å²) in [4.78, 5) is 11.3. The Bertz CT molecular complexity index is 410. The van der Waals surface area contributed by atoms with E-state index in [9.17, 15) is 4.79 Å². The number of ether oxygens (including phenoxy) is 2. The van der Waals surface area contributed by atoms with E-state index in [0.717, 1.165) is 18.6 Å². The minimum Gasteiger partial charge on any atom is -0.497 e. The van der Waals surface area contributed by atoms with E-state index in [1.807, 2.05) is 12.1 Å². The van der Waals surface area contributed by atoms with Gasteiger partial charge in [-0.05, 0) is 42.4 Å². The predicted molar refractivity (Wildman–Crippen MR) is 69.6 cm³/mol.